The van der Waals surface area contributed by atoms with Gasteiger partial charge in [0, 0.05) is 17.6 Å². The summed E-state index contributed by atoms with van der Waals surface area (Å²) in [6.07, 6.45) is 1.93. The molecule has 0 aliphatic carbocycles. The zero-order valence-corrected chi connectivity index (χ0v) is 11.0. The standard InChI is InChI=1S/C14H15N5/c1-10-6-7-11-4-3-5-13(14(11)16-10)19-9-12(8-15-2)17-18-19/h3-7,9,15H,8H2,1-2H3. The summed E-state index contributed by atoms with van der Waals surface area (Å²) in [5, 5.41) is 12.5. The molecule has 0 radical (unpaired) electrons. The quantitative estimate of drug-likeness (QED) is 0.774. The van der Waals surface area contributed by atoms with Crippen LogP contribution in [0.25, 0.3) is 16.6 Å². The monoisotopic (exact) mass is 253 g/mol. The average Bonchev–Trinajstić information content (AvgIpc) is 2.87. The molecule has 19 heavy (non-hydrogen) atoms. The highest BCUT2D eigenvalue weighted by Gasteiger charge is 2.07. The molecule has 0 bridgehead atoms. The molecule has 0 atom stereocenters. The molecule has 2 heterocycles. The number of hydrogen-bond donors (Lipinski definition) is 1. The Labute approximate surface area is 111 Å². The van der Waals surface area contributed by atoms with E-state index in [1.54, 1.807) is 4.68 Å². The highest BCUT2D eigenvalue weighted by molar-refractivity contribution is 5.86. The summed E-state index contributed by atoms with van der Waals surface area (Å²) < 4.78 is 1.78. The first-order chi connectivity index (χ1) is 9.28. The van der Waals surface area contributed by atoms with Crippen LogP contribution in [-0.4, -0.2) is 27.0 Å². The lowest BCUT2D eigenvalue weighted by Gasteiger charge is -2.05. The van der Waals surface area contributed by atoms with Gasteiger partial charge in [0.2, 0.25) is 0 Å². The van der Waals surface area contributed by atoms with E-state index in [2.05, 4.69) is 32.7 Å². The number of nitrogens with zero attached hydrogens (tertiary/aromatic N) is 4. The van der Waals surface area contributed by atoms with Crippen molar-refractivity contribution >= 4 is 10.9 Å². The second kappa shape index (κ2) is 4.78. The topological polar surface area (TPSA) is 55.6 Å². The molecule has 1 N–H and O–H groups in total. The summed E-state index contributed by atoms with van der Waals surface area (Å²) in [6, 6.07) is 10.2. The van der Waals surface area contributed by atoms with Crippen molar-refractivity contribution in [3.8, 4) is 5.69 Å². The number of pyridine rings is 1. The molecule has 5 heteroatoms. The van der Waals surface area contributed by atoms with E-state index in [0.29, 0.717) is 6.54 Å². The van der Waals surface area contributed by atoms with Crippen molar-refractivity contribution in [2.45, 2.75) is 13.5 Å². The van der Waals surface area contributed by atoms with E-state index in [1.807, 2.05) is 38.4 Å². The van der Waals surface area contributed by atoms with Gasteiger partial charge in [0.1, 0.15) is 0 Å². The van der Waals surface area contributed by atoms with Crippen LogP contribution in [0.4, 0.5) is 0 Å². The van der Waals surface area contributed by atoms with Crippen LogP contribution in [0.1, 0.15) is 11.4 Å². The van der Waals surface area contributed by atoms with Crippen molar-refractivity contribution in [1.82, 2.24) is 25.3 Å². The molecule has 96 valence electrons. The summed E-state index contributed by atoms with van der Waals surface area (Å²) in [7, 11) is 1.89. The number of aromatic nitrogens is 4. The van der Waals surface area contributed by atoms with Gasteiger partial charge in [0.25, 0.3) is 0 Å². The minimum Gasteiger partial charge on any atom is -0.314 e. The summed E-state index contributed by atoms with van der Waals surface area (Å²) in [5.41, 5.74) is 3.81. The smallest absolute Gasteiger partial charge is 0.0969 e. The van der Waals surface area contributed by atoms with Crippen LogP contribution >= 0.6 is 0 Å². The fraction of sp³-hybridized carbons (Fsp3) is 0.214. The number of para-hydroxylation sites is 1. The molecule has 0 aliphatic heterocycles. The second-order valence-electron chi connectivity index (χ2n) is 4.49. The van der Waals surface area contributed by atoms with Crippen LogP contribution in [0.5, 0.6) is 0 Å². The lowest BCUT2D eigenvalue weighted by atomic mass is 10.2. The van der Waals surface area contributed by atoms with E-state index in [0.717, 1.165) is 28.0 Å². The molecule has 0 aliphatic rings. The second-order valence-corrected chi connectivity index (χ2v) is 4.49. The van der Waals surface area contributed by atoms with Gasteiger partial charge < -0.3 is 5.32 Å². The molecule has 3 aromatic rings. The van der Waals surface area contributed by atoms with Crippen LogP contribution in [0.3, 0.4) is 0 Å². The molecule has 0 amide bonds. The van der Waals surface area contributed by atoms with Gasteiger partial charge in [-0.2, -0.15) is 0 Å². The third-order valence-electron chi connectivity index (χ3n) is 2.98. The Balaban J connectivity index is 2.15. The van der Waals surface area contributed by atoms with Gasteiger partial charge in [-0.05, 0) is 26.1 Å². The Kier molecular flexibility index (Phi) is 2.97. The summed E-state index contributed by atoms with van der Waals surface area (Å²) >= 11 is 0. The number of fused-ring (bicyclic) bond motifs is 1. The SMILES string of the molecule is CNCc1cn(-c2cccc3ccc(C)nc23)nn1. The van der Waals surface area contributed by atoms with Crippen LogP contribution in [0.15, 0.2) is 36.5 Å². The van der Waals surface area contributed by atoms with Crippen molar-refractivity contribution in [2.24, 2.45) is 0 Å². The van der Waals surface area contributed by atoms with E-state index in [4.69, 9.17) is 0 Å². The molecule has 1 aromatic carbocycles. The van der Waals surface area contributed by atoms with E-state index < -0.39 is 0 Å². The third-order valence-corrected chi connectivity index (χ3v) is 2.98. The first-order valence-electron chi connectivity index (χ1n) is 6.20. The van der Waals surface area contributed by atoms with Gasteiger partial charge in [0.05, 0.1) is 23.1 Å². The van der Waals surface area contributed by atoms with Gasteiger partial charge in [-0.3, -0.25) is 4.98 Å². The third kappa shape index (κ3) is 2.20. The minimum atomic E-state index is 0.706. The van der Waals surface area contributed by atoms with Gasteiger partial charge in [-0.15, -0.1) is 5.10 Å². The van der Waals surface area contributed by atoms with Crippen LogP contribution < -0.4 is 5.32 Å². The molecule has 5 nitrogen and oxygen atoms in total. The largest absolute Gasteiger partial charge is 0.314 e. The van der Waals surface area contributed by atoms with Crippen LogP contribution in [0.2, 0.25) is 0 Å². The van der Waals surface area contributed by atoms with Crippen molar-refractivity contribution < 1.29 is 0 Å². The predicted octanol–water partition coefficient (Wildman–Crippen LogP) is 1.84. The molecule has 0 saturated carbocycles. The van der Waals surface area contributed by atoms with Crippen molar-refractivity contribution in [3.05, 3.63) is 47.9 Å². The van der Waals surface area contributed by atoms with Crippen LogP contribution in [0, 0.1) is 6.92 Å². The maximum atomic E-state index is 4.60. The predicted molar refractivity (Wildman–Crippen MR) is 74.2 cm³/mol. The lowest BCUT2D eigenvalue weighted by molar-refractivity contribution is 0.768. The number of aryl methyl sites for hydroxylation is 1. The van der Waals surface area contributed by atoms with Crippen molar-refractivity contribution in [1.29, 1.82) is 0 Å². The van der Waals surface area contributed by atoms with Crippen molar-refractivity contribution in [2.75, 3.05) is 7.05 Å². The molecule has 0 fully saturated rings. The molecular weight excluding hydrogens is 238 g/mol. The fourth-order valence-corrected chi connectivity index (χ4v) is 2.09. The van der Waals surface area contributed by atoms with Crippen molar-refractivity contribution in [3.63, 3.8) is 0 Å². The first-order valence-corrected chi connectivity index (χ1v) is 6.20. The Morgan fingerprint density at radius 3 is 2.95 bits per heavy atom. The molecule has 0 unspecified atom stereocenters. The molecule has 0 spiro atoms. The summed E-state index contributed by atoms with van der Waals surface area (Å²) in [4.78, 5) is 4.60. The maximum absolute atomic E-state index is 4.60. The van der Waals surface area contributed by atoms with E-state index in [-0.39, 0.29) is 0 Å². The molecule has 0 saturated heterocycles. The normalized spacial score (nSPS) is 11.1. The zero-order valence-electron chi connectivity index (χ0n) is 11.0. The Bertz CT molecular complexity index is 717. The Hall–Kier alpha value is -2.27. The Morgan fingerprint density at radius 1 is 1.21 bits per heavy atom. The van der Waals surface area contributed by atoms with Crippen LogP contribution in [-0.2, 0) is 6.54 Å². The van der Waals surface area contributed by atoms with E-state index in [9.17, 15) is 0 Å². The van der Waals surface area contributed by atoms with Gasteiger partial charge in [0.15, 0.2) is 0 Å². The maximum Gasteiger partial charge on any atom is 0.0969 e. The fourth-order valence-electron chi connectivity index (χ4n) is 2.09. The number of nitrogens with one attached hydrogen (secondary N) is 1. The van der Waals surface area contributed by atoms with E-state index >= 15 is 0 Å². The highest BCUT2D eigenvalue weighted by atomic mass is 15.4. The zero-order chi connectivity index (χ0) is 13.2. The van der Waals surface area contributed by atoms with Gasteiger partial charge in [-0.25, -0.2) is 4.68 Å². The Morgan fingerprint density at radius 2 is 2.11 bits per heavy atom. The summed E-state index contributed by atoms with van der Waals surface area (Å²) in [6.45, 7) is 2.70. The van der Waals surface area contributed by atoms with Gasteiger partial charge >= 0.3 is 0 Å². The van der Waals surface area contributed by atoms with E-state index in [1.165, 1.54) is 0 Å². The minimum absolute atomic E-state index is 0.706. The highest BCUT2D eigenvalue weighted by Crippen LogP contribution is 2.20. The first kappa shape index (κ1) is 11.8. The number of hydrogen-bond acceptors (Lipinski definition) is 4. The summed E-state index contributed by atoms with van der Waals surface area (Å²) in [5.74, 6) is 0. The lowest BCUT2D eigenvalue weighted by Crippen LogP contribution is -2.05. The number of rotatable bonds is 3. The molecular formula is C14H15N5. The number of benzene rings is 1. The molecule has 3 rings (SSSR count). The average molecular weight is 253 g/mol. The molecule has 2 aromatic heterocycles. The van der Waals surface area contributed by atoms with Gasteiger partial charge in [-0.1, -0.05) is 23.4 Å².